The SMILES string of the molecule is COc1ccc(-c2ccc3c(c2)CCN(C(=O)Nc2c[nH]c4cc(F)c(Cl)cc24)C3)cc1. The molecule has 32 heavy (non-hydrogen) atoms. The van der Waals surface area contributed by atoms with Gasteiger partial charge in [-0.1, -0.05) is 41.9 Å². The summed E-state index contributed by atoms with van der Waals surface area (Å²) >= 11 is 5.91. The zero-order valence-electron chi connectivity index (χ0n) is 17.4. The van der Waals surface area contributed by atoms with Crippen LogP contribution in [0.3, 0.4) is 0 Å². The number of aromatic amines is 1. The summed E-state index contributed by atoms with van der Waals surface area (Å²) in [6.07, 6.45) is 2.43. The number of aromatic nitrogens is 1. The lowest BCUT2D eigenvalue weighted by molar-refractivity contribution is 0.206. The number of benzene rings is 3. The maximum atomic E-state index is 13.7. The number of hydrogen-bond acceptors (Lipinski definition) is 2. The summed E-state index contributed by atoms with van der Waals surface area (Å²) in [5, 5.41) is 3.62. The van der Waals surface area contributed by atoms with Gasteiger partial charge in [-0.2, -0.15) is 0 Å². The Labute approximate surface area is 189 Å². The van der Waals surface area contributed by atoms with Gasteiger partial charge in [-0.3, -0.25) is 0 Å². The van der Waals surface area contributed by atoms with Crippen molar-refractivity contribution >= 4 is 34.2 Å². The van der Waals surface area contributed by atoms with Gasteiger partial charge < -0.3 is 19.9 Å². The summed E-state index contributed by atoms with van der Waals surface area (Å²) < 4.78 is 18.9. The van der Waals surface area contributed by atoms with Gasteiger partial charge in [0, 0.05) is 24.7 Å². The van der Waals surface area contributed by atoms with Gasteiger partial charge in [0.1, 0.15) is 11.6 Å². The van der Waals surface area contributed by atoms with Crippen molar-refractivity contribution in [1.82, 2.24) is 9.88 Å². The average molecular weight is 450 g/mol. The van der Waals surface area contributed by atoms with Crippen LogP contribution in [0.25, 0.3) is 22.0 Å². The molecule has 1 aromatic heterocycles. The molecule has 0 saturated carbocycles. The van der Waals surface area contributed by atoms with Gasteiger partial charge in [-0.05, 0) is 52.9 Å². The Morgan fingerprint density at radius 3 is 2.66 bits per heavy atom. The van der Waals surface area contributed by atoms with E-state index in [2.05, 4.69) is 28.5 Å². The molecule has 0 bridgehead atoms. The molecule has 0 radical (unpaired) electrons. The highest BCUT2D eigenvalue weighted by Crippen LogP contribution is 2.30. The molecule has 162 valence electrons. The van der Waals surface area contributed by atoms with Gasteiger partial charge in [-0.25, -0.2) is 9.18 Å². The first kappa shape index (κ1) is 20.4. The number of fused-ring (bicyclic) bond motifs is 2. The highest BCUT2D eigenvalue weighted by atomic mass is 35.5. The first-order valence-electron chi connectivity index (χ1n) is 10.3. The third-order valence-electron chi connectivity index (χ3n) is 5.89. The molecule has 2 amide bonds. The number of urea groups is 1. The Morgan fingerprint density at radius 2 is 1.88 bits per heavy atom. The van der Waals surface area contributed by atoms with Crippen LogP contribution in [0.5, 0.6) is 5.75 Å². The normalized spacial score (nSPS) is 13.2. The molecule has 0 fully saturated rings. The Bertz CT molecular complexity index is 1320. The summed E-state index contributed by atoms with van der Waals surface area (Å²) in [7, 11) is 1.66. The largest absolute Gasteiger partial charge is 0.497 e. The minimum atomic E-state index is -0.499. The van der Waals surface area contributed by atoms with Crippen molar-refractivity contribution in [3.05, 3.63) is 82.8 Å². The number of halogens is 2. The number of rotatable bonds is 3. The molecule has 1 aliphatic heterocycles. The molecule has 0 unspecified atom stereocenters. The van der Waals surface area contributed by atoms with Crippen LogP contribution >= 0.6 is 11.6 Å². The molecule has 0 atom stereocenters. The third kappa shape index (κ3) is 3.78. The first-order valence-corrected chi connectivity index (χ1v) is 10.7. The number of ether oxygens (including phenoxy) is 1. The molecule has 2 N–H and O–H groups in total. The van der Waals surface area contributed by atoms with Gasteiger partial charge in [0.05, 0.1) is 23.3 Å². The first-order chi connectivity index (χ1) is 15.5. The van der Waals surface area contributed by atoms with E-state index in [0.717, 1.165) is 28.9 Å². The second-order valence-electron chi connectivity index (χ2n) is 7.83. The van der Waals surface area contributed by atoms with E-state index in [9.17, 15) is 9.18 Å². The quantitative estimate of drug-likeness (QED) is 0.389. The Kier molecular flexibility index (Phi) is 5.23. The molecule has 7 heteroatoms. The fourth-order valence-electron chi connectivity index (χ4n) is 4.10. The van der Waals surface area contributed by atoms with Gasteiger partial charge in [0.25, 0.3) is 0 Å². The zero-order chi connectivity index (χ0) is 22.2. The molecular formula is C25H21ClFN3O2. The van der Waals surface area contributed by atoms with Crippen LogP contribution in [0.4, 0.5) is 14.9 Å². The maximum Gasteiger partial charge on any atom is 0.322 e. The second-order valence-corrected chi connectivity index (χ2v) is 8.24. The van der Waals surface area contributed by atoms with E-state index >= 15 is 0 Å². The molecule has 0 aliphatic carbocycles. The highest BCUT2D eigenvalue weighted by Gasteiger charge is 2.22. The van der Waals surface area contributed by atoms with Crippen molar-refractivity contribution in [2.24, 2.45) is 0 Å². The van der Waals surface area contributed by atoms with E-state index in [4.69, 9.17) is 16.3 Å². The second kappa shape index (κ2) is 8.20. The van der Waals surface area contributed by atoms with Crippen LogP contribution in [0.1, 0.15) is 11.1 Å². The van der Waals surface area contributed by atoms with Gasteiger partial charge in [-0.15, -0.1) is 0 Å². The van der Waals surface area contributed by atoms with E-state index in [0.29, 0.717) is 29.7 Å². The molecule has 1 aliphatic rings. The number of nitrogens with one attached hydrogen (secondary N) is 2. The van der Waals surface area contributed by atoms with E-state index in [1.54, 1.807) is 18.2 Å². The minimum Gasteiger partial charge on any atom is -0.497 e. The smallest absolute Gasteiger partial charge is 0.322 e. The van der Waals surface area contributed by atoms with Gasteiger partial charge in [0.2, 0.25) is 0 Å². The van der Waals surface area contributed by atoms with E-state index in [1.807, 2.05) is 24.3 Å². The number of carbonyl (C=O) groups excluding carboxylic acids is 1. The number of H-pyrrole nitrogens is 1. The fraction of sp³-hybridized carbons (Fsp3) is 0.160. The van der Waals surface area contributed by atoms with Crippen molar-refractivity contribution in [2.45, 2.75) is 13.0 Å². The average Bonchev–Trinajstić information content (AvgIpc) is 3.19. The maximum absolute atomic E-state index is 13.7. The Morgan fingerprint density at radius 1 is 1.09 bits per heavy atom. The Balaban J connectivity index is 1.32. The summed E-state index contributed by atoms with van der Waals surface area (Å²) in [5.74, 6) is 0.330. The van der Waals surface area contributed by atoms with Crippen LogP contribution in [-0.2, 0) is 13.0 Å². The molecule has 2 heterocycles. The van der Waals surface area contributed by atoms with Crippen molar-refractivity contribution in [2.75, 3.05) is 19.0 Å². The predicted octanol–water partition coefficient (Wildman–Crippen LogP) is 6.23. The molecule has 4 aromatic rings. The number of anilines is 1. The van der Waals surface area contributed by atoms with Crippen molar-refractivity contribution in [3.63, 3.8) is 0 Å². The monoisotopic (exact) mass is 449 g/mol. The third-order valence-corrected chi connectivity index (χ3v) is 6.18. The number of carbonyl (C=O) groups is 1. The van der Waals surface area contributed by atoms with Gasteiger partial charge in [0.15, 0.2) is 0 Å². The summed E-state index contributed by atoms with van der Waals surface area (Å²) in [5.41, 5.74) is 5.81. The van der Waals surface area contributed by atoms with Crippen LogP contribution in [0.2, 0.25) is 5.02 Å². The summed E-state index contributed by atoms with van der Waals surface area (Å²) in [6.45, 7) is 1.14. The summed E-state index contributed by atoms with van der Waals surface area (Å²) in [4.78, 5) is 17.6. The van der Waals surface area contributed by atoms with Crippen molar-refractivity contribution < 1.29 is 13.9 Å². The highest BCUT2D eigenvalue weighted by molar-refractivity contribution is 6.31. The van der Waals surface area contributed by atoms with Crippen molar-refractivity contribution in [3.8, 4) is 16.9 Å². The van der Waals surface area contributed by atoms with Crippen LogP contribution < -0.4 is 10.1 Å². The number of nitrogens with zero attached hydrogens (tertiary/aromatic N) is 1. The molecule has 3 aromatic carbocycles. The summed E-state index contributed by atoms with van der Waals surface area (Å²) in [6, 6.07) is 17.0. The van der Waals surface area contributed by atoms with Crippen molar-refractivity contribution in [1.29, 1.82) is 0 Å². The number of hydrogen-bond donors (Lipinski definition) is 2. The topological polar surface area (TPSA) is 57.4 Å². The molecule has 5 rings (SSSR count). The molecule has 0 spiro atoms. The zero-order valence-corrected chi connectivity index (χ0v) is 18.2. The predicted molar refractivity (Wildman–Crippen MR) is 125 cm³/mol. The fourth-order valence-corrected chi connectivity index (χ4v) is 4.27. The van der Waals surface area contributed by atoms with E-state index < -0.39 is 5.82 Å². The lowest BCUT2D eigenvalue weighted by atomic mass is 9.94. The Hall–Kier alpha value is -3.51. The van der Waals surface area contributed by atoms with Crippen LogP contribution in [-0.4, -0.2) is 29.6 Å². The van der Waals surface area contributed by atoms with Gasteiger partial charge >= 0.3 is 6.03 Å². The number of amides is 2. The number of methoxy groups -OCH3 is 1. The molecular weight excluding hydrogens is 429 g/mol. The van der Waals surface area contributed by atoms with Crippen LogP contribution in [0, 0.1) is 5.82 Å². The standard InChI is InChI=1S/C25H21ClFN3O2/c1-32-19-6-4-15(5-7-19)16-2-3-18-14-30(9-8-17(18)10-16)25(31)29-24-13-28-23-12-22(27)21(26)11-20(23)24/h2-7,10-13,28H,8-9,14H2,1H3,(H,29,31). The minimum absolute atomic E-state index is 0.0205. The lowest BCUT2D eigenvalue weighted by Crippen LogP contribution is -2.38. The van der Waals surface area contributed by atoms with E-state index in [1.165, 1.54) is 17.7 Å². The lowest BCUT2D eigenvalue weighted by Gasteiger charge is -2.29. The van der Waals surface area contributed by atoms with Crippen LogP contribution in [0.15, 0.2) is 60.8 Å². The molecule has 5 nitrogen and oxygen atoms in total. The van der Waals surface area contributed by atoms with E-state index in [-0.39, 0.29) is 11.1 Å². The molecule has 0 saturated heterocycles.